The van der Waals surface area contributed by atoms with Crippen molar-refractivity contribution in [3.8, 4) is 0 Å². The predicted molar refractivity (Wildman–Crippen MR) is 84.3 cm³/mol. The van der Waals surface area contributed by atoms with E-state index in [2.05, 4.69) is 4.98 Å². The minimum Gasteiger partial charge on any atom is -0.480 e. The highest BCUT2D eigenvalue weighted by Gasteiger charge is 2.40. The van der Waals surface area contributed by atoms with Crippen molar-refractivity contribution in [2.75, 3.05) is 6.61 Å². The number of ether oxygens (including phenoxy) is 1. The van der Waals surface area contributed by atoms with Crippen LogP contribution in [0.25, 0.3) is 10.9 Å². The summed E-state index contributed by atoms with van der Waals surface area (Å²) in [7, 11) is 0. The molecule has 0 saturated carbocycles. The lowest BCUT2D eigenvalue weighted by Gasteiger charge is -2.35. The first-order valence-corrected chi connectivity index (χ1v) is 7.63. The summed E-state index contributed by atoms with van der Waals surface area (Å²) in [4.78, 5) is 14.2. The monoisotopic (exact) mass is 336 g/mol. The molecule has 1 aliphatic rings. The molecule has 8 heteroatoms. The summed E-state index contributed by atoms with van der Waals surface area (Å²) in [6.45, 7) is -0.136. The van der Waals surface area contributed by atoms with Crippen molar-refractivity contribution in [3.63, 3.8) is 0 Å². The van der Waals surface area contributed by atoms with Crippen LogP contribution in [0, 0.1) is 0 Å². The van der Waals surface area contributed by atoms with Crippen LogP contribution >= 0.6 is 0 Å². The van der Waals surface area contributed by atoms with Crippen molar-refractivity contribution in [1.29, 1.82) is 0 Å². The molecule has 0 aliphatic carbocycles. The summed E-state index contributed by atoms with van der Waals surface area (Å²) < 4.78 is 5.49. The molecule has 5 atom stereocenters. The summed E-state index contributed by atoms with van der Waals surface area (Å²) in [5, 5.41) is 39.6. The van der Waals surface area contributed by atoms with Gasteiger partial charge in [0.15, 0.2) is 0 Å². The van der Waals surface area contributed by atoms with Crippen molar-refractivity contribution in [2.45, 2.75) is 36.9 Å². The third-order valence-electron chi connectivity index (χ3n) is 4.37. The van der Waals surface area contributed by atoms with Crippen LogP contribution in [0.15, 0.2) is 24.3 Å². The molecule has 1 aromatic heterocycles. The summed E-state index contributed by atoms with van der Waals surface area (Å²) in [5.74, 6) is -1.13. The van der Waals surface area contributed by atoms with Gasteiger partial charge in [0.05, 0.1) is 12.3 Å². The summed E-state index contributed by atoms with van der Waals surface area (Å²) in [6.07, 6.45) is -4.74. The zero-order valence-corrected chi connectivity index (χ0v) is 12.8. The Kier molecular flexibility index (Phi) is 4.57. The largest absolute Gasteiger partial charge is 0.480 e. The van der Waals surface area contributed by atoms with Crippen LogP contribution in [-0.2, 0) is 16.0 Å². The number of aliphatic hydroxyl groups is 3. The standard InChI is InChI=1S/C16H20N2O6/c17-9(16(22)23)5-8-7-3-1-2-4-10(7)18-12(8)15-14(21)13(20)11(19)6-24-15/h1-4,9,11,13-15,18-21H,5-6,17H2,(H,22,23)/t9-,11+,13-,14+,15-/m0/s1. The maximum atomic E-state index is 11.1. The maximum Gasteiger partial charge on any atom is 0.320 e. The Labute approximate surface area is 137 Å². The number of aliphatic hydroxyl groups excluding tert-OH is 3. The van der Waals surface area contributed by atoms with Crippen LogP contribution in [0.2, 0.25) is 0 Å². The minimum atomic E-state index is -1.35. The molecule has 0 unspecified atom stereocenters. The van der Waals surface area contributed by atoms with Gasteiger partial charge in [0, 0.05) is 17.3 Å². The lowest BCUT2D eigenvalue weighted by molar-refractivity contribution is -0.190. The molecule has 8 nitrogen and oxygen atoms in total. The van der Waals surface area contributed by atoms with Crippen molar-refractivity contribution in [1.82, 2.24) is 4.98 Å². The Morgan fingerprint density at radius 3 is 2.71 bits per heavy atom. The van der Waals surface area contributed by atoms with E-state index in [1.165, 1.54) is 0 Å². The Morgan fingerprint density at radius 1 is 1.29 bits per heavy atom. The van der Waals surface area contributed by atoms with Gasteiger partial charge in [0.1, 0.15) is 30.5 Å². The average Bonchev–Trinajstić information content (AvgIpc) is 2.91. The summed E-state index contributed by atoms with van der Waals surface area (Å²) in [5.41, 5.74) is 7.50. The number of carboxylic acid groups (broad SMARTS) is 1. The fourth-order valence-corrected chi connectivity index (χ4v) is 3.05. The third-order valence-corrected chi connectivity index (χ3v) is 4.37. The molecule has 7 N–H and O–H groups in total. The van der Waals surface area contributed by atoms with Gasteiger partial charge in [-0.3, -0.25) is 4.79 Å². The molecule has 130 valence electrons. The van der Waals surface area contributed by atoms with Gasteiger partial charge >= 0.3 is 5.97 Å². The molecule has 3 rings (SSSR count). The molecule has 1 aromatic carbocycles. The highest BCUT2D eigenvalue weighted by atomic mass is 16.5. The predicted octanol–water partition coefficient (Wildman–Crippen LogP) is -0.724. The number of aromatic nitrogens is 1. The number of hydrogen-bond donors (Lipinski definition) is 6. The van der Waals surface area contributed by atoms with Gasteiger partial charge in [-0.1, -0.05) is 18.2 Å². The van der Waals surface area contributed by atoms with Gasteiger partial charge in [-0.15, -0.1) is 0 Å². The quantitative estimate of drug-likeness (QED) is 0.431. The SMILES string of the molecule is N[C@@H](Cc1c([C@@H]2OC[C@@H](O)[C@H](O)[C@H]2O)[nH]c2ccccc12)C(=O)O. The zero-order chi connectivity index (χ0) is 17.4. The molecule has 0 amide bonds. The molecule has 1 fully saturated rings. The van der Waals surface area contributed by atoms with Crippen LogP contribution in [0.3, 0.4) is 0 Å². The summed E-state index contributed by atoms with van der Waals surface area (Å²) >= 11 is 0. The van der Waals surface area contributed by atoms with E-state index in [4.69, 9.17) is 15.6 Å². The van der Waals surface area contributed by atoms with Crippen LogP contribution in [0.4, 0.5) is 0 Å². The van der Waals surface area contributed by atoms with Crippen molar-refractivity contribution < 1.29 is 30.0 Å². The van der Waals surface area contributed by atoms with E-state index >= 15 is 0 Å². The first kappa shape index (κ1) is 16.9. The number of rotatable bonds is 4. The van der Waals surface area contributed by atoms with Gasteiger partial charge < -0.3 is 35.9 Å². The number of para-hydroxylation sites is 1. The second kappa shape index (κ2) is 6.50. The Morgan fingerprint density at radius 2 is 2.00 bits per heavy atom. The van der Waals surface area contributed by atoms with Gasteiger partial charge in [0.2, 0.25) is 0 Å². The zero-order valence-electron chi connectivity index (χ0n) is 12.8. The average molecular weight is 336 g/mol. The molecule has 1 saturated heterocycles. The molecular weight excluding hydrogens is 316 g/mol. The molecule has 0 spiro atoms. The Bertz CT molecular complexity index is 745. The fourth-order valence-electron chi connectivity index (χ4n) is 3.05. The molecule has 2 aromatic rings. The number of H-pyrrole nitrogens is 1. The number of nitrogens with two attached hydrogens (primary N) is 1. The fraction of sp³-hybridized carbons (Fsp3) is 0.438. The second-order valence-electron chi connectivity index (χ2n) is 6.01. The number of aliphatic carboxylic acids is 1. The normalized spacial score (nSPS) is 28.8. The molecule has 0 radical (unpaired) electrons. The van der Waals surface area contributed by atoms with Crippen LogP contribution in [-0.4, -0.2) is 62.3 Å². The van der Waals surface area contributed by atoms with Crippen molar-refractivity contribution in [2.24, 2.45) is 5.73 Å². The number of carbonyl (C=O) groups is 1. The minimum absolute atomic E-state index is 0.0416. The van der Waals surface area contributed by atoms with E-state index in [9.17, 15) is 20.1 Å². The van der Waals surface area contributed by atoms with Gasteiger partial charge in [-0.2, -0.15) is 0 Å². The van der Waals surface area contributed by atoms with E-state index < -0.39 is 36.4 Å². The Balaban J connectivity index is 2.05. The van der Waals surface area contributed by atoms with Crippen LogP contribution in [0.5, 0.6) is 0 Å². The number of hydrogen-bond acceptors (Lipinski definition) is 6. The number of carboxylic acids is 1. The number of nitrogens with one attached hydrogen (secondary N) is 1. The van der Waals surface area contributed by atoms with E-state index in [0.29, 0.717) is 11.3 Å². The maximum absolute atomic E-state index is 11.1. The van der Waals surface area contributed by atoms with Gasteiger partial charge in [-0.05, 0) is 11.6 Å². The smallest absolute Gasteiger partial charge is 0.320 e. The summed E-state index contributed by atoms with van der Waals surface area (Å²) in [6, 6.07) is 6.15. The molecule has 24 heavy (non-hydrogen) atoms. The van der Waals surface area contributed by atoms with Crippen LogP contribution in [0.1, 0.15) is 17.4 Å². The topological polar surface area (TPSA) is 149 Å². The lowest BCUT2D eigenvalue weighted by atomic mass is 9.93. The molecular formula is C16H20N2O6. The molecule has 2 heterocycles. The lowest BCUT2D eigenvalue weighted by Crippen LogP contribution is -2.49. The Hall–Kier alpha value is -1.97. The number of aromatic amines is 1. The van der Waals surface area contributed by atoms with Gasteiger partial charge in [0.25, 0.3) is 0 Å². The van der Waals surface area contributed by atoms with E-state index in [1.54, 1.807) is 0 Å². The number of fused-ring (bicyclic) bond motifs is 1. The van der Waals surface area contributed by atoms with Crippen molar-refractivity contribution >= 4 is 16.9 Å². The van der Waals surface area contributed by atoms with Crippen LogP contribution < -0.4 is 5.73 Å². The molecule has 1 aliphatic heterocycles. The first-order chi connectivity index (χ1) is 11.4. The molecule has 0 bridgehead atoms. The van der Waals surface area contributed by atoms with E-state index in [0.717, 1.165) is 10.9 Å². The first-order valence-electron chi connectivity index (χ1n) is 7.63. The van der Waals surface area contributed by atoms with Crippen molar-refractivity contribution in [3.05, 3.63) is 35.5 Å². The van der Waals surface area contributed by atoms with E-state index in [-0.39, 0.29) is 13.0 Å². The van der Waals surface area contributed by atoms with Gasteiger partial charge in [-0.25, -0.2) is 0 Å². The third kappa shape index (κ3) is 2.90. The second-order valence-corrected chi connectivity index (χ2v) is 6.01. The highest BCUT2D eigenvalue weighted by Crippen LogP contribution is 2.34. The van der Waals surface area contributed by atoms with E-state index in [1.807, 2.05) is 24.3 Å². The number of benzene rings is 1. The highest BCUT2D eigenvalue weighted by molar-refractivity contribution is 5.86.